The molecule has 9 nitrogen and oxygen atoms in total. The van der Waals surface area contributed by atoms with E-state index in [0.717, 1.165) is 4.31 Å². The van der Waals surface area contributed by atoms with Gasteiger partial charge >= 0.3 is 0 Å². The van der Waals surface area contributed by atoms with Crippen LogP contribution in [-0.2, 0) is 14.8 Å². The lowest BCUT2D eigenvalue weighted by Gasteiger charge is -2.31. The van der Waals surface area contributed by atoms with Gasteiger partial charge in [-0.3, -0.25) is 9.59 Å². The molecule has 2 amide bonds. The minimum atomic E-state index is -3.53. The van der Waals surface area contributed by atoms with Crippen molar-refractivity contribution >= 4 is 27.7 Å². The van der Waals surface area contributed by atoms with Gasteiger partial charge in [0, 0.05) is 44.7 Å². The maximum Gasteiger partial charge on any atom is 0.253 e. The summed E-state index contributed by atoms with van der Waals surface area (Å²) in [5.74, 6) is 0.487. The molecule has 0 radical (unpaired) electrons. The molecule has 0 bridgehead atoms. The number of rotatable bonds is 5. The van der Waals surface area contributed by atoms with Crippen LogP contribution in [0, 0.1) is 12.8 Å². The van der Waals surface area contributed by atoms with Gasteiger partial charge in [-0.05, 0) is 44.0 Å². The molecule has 2 heterocycles. The lowest BCUT2D eigenvalue weighted by atomic mass is 9.95. The molecule has 1 aliphatic heterocycles. The Bertz CT molecular complexity index is 990. The second-order valence-electron chi connectivity index (χ2n) is 7.19. The number of carbonyl (C=O) groups is 2. The highest BCUT2D eigenvalue weighted by Crippen LogP contribution is 2.22. The maximum absolute atomic E-state index is 12.7. The predicted octanol–water partition coefficient (Wildman–Crippen LogP) is 1.72. The van der Waals surface area contributed by atoms with Crippen LogP contribution in [0.1, 0.15) is 29.0 Å². The zero-order valence-corrected chi connectivity index (χ0v) is 17.4. The van der Waals surface area contributed by atoms with E-state index in [2.05, 4.69) is 10.5 Å². The number of hydrogen-bond donors (Lipinski definition) is 1. The van der Waals surface area contributed by atoms with Gasteiger partial charge in [-0.2, -0.15) is 0 Å². The third kappa shape index (κ3) is 4.65. The molecule has 1 aromatic heterocycles. The summed E-state index contributed by atoms with van der Waals surface area (Å²) in [4.78, 5) is 26.9. The van der Waals surface area contributed by atoms with Crippen molar-refractivity contribution in [2.75, 3.05) is 32.5 Å². The van der Waals surface area contributed by atoms with Gasteiger partial charge in [-0.1, -0.05) is 5.16 Å². The summed E-state index contributed by atoms with van der Waals surface area (Å²) in [6, 6.07) is 7.55. The Hall–Kier alpha value is -2.72. The number of aryl methyl sites for hydroxylation is 1. The molecule has 2 aromatic rings. The first-order valence-corrected chi connectivity index (χ1v) is 10.7. The lowest BCUT2D eigenvalue weighted by molar-refractivity contribution is -0.121. The highest BCUT2D eigenvalue weighted by molar-refractivity contribution is 7.89. The molecule has 1 N–H and O–H groups in total. The Balaban J connectivity index is 1.58. The van der Waals surface area contributed by atoms with Crippen molar-refractivity contribution < 1.29 is 22.5 Å². The number of aromatic nitrogens is 1. The first-order chi connectivity index (χ1) is 13.7. The Morgan fingerprint density at radius 1 is 1.17 bits per heavy atom. The van der Waals surface area contributed by atoms with E-state index in [1.54, 1.807) is 17.9 Å². The fourth-order valence-corrected chi connectivity index (χ4v) is 4.06. The number of hydrogen-bond acceptors (Lipinski definition) is 6. The van der Waals surface area contributed by atoms with Crippen molar-refractivity contribution in [2.24, 2.45) is 5.92 Å². The van der Waals surface area contributed by atoms with Gasteiger partial charge in [0.15, 0.2) is 5.82 Å². The summed E-state index contributed by atoms with van der Waals surface area (Å²) in [6.07, 6.45) is 1.09. The van der Waals surface area contributed by atoms with E-state index in [1.807, 2.05) is 0 Å². The lowest BCUT2D eigenvalue weighted by Crippen LogP contribution is -2.41. The normalized spacial score (nSPS) is 15.5. The number of sulfonamides is 1. The van der Waals surface area contributed by atoms with E-state index < -0.39 is 10.0 Å². The van der Waals surface area contributed by atoms with Crippen LogP contribution in [0.3, 0.4) is 0 Å². The highest BCUT2D eigenvalue weighted by Gasteiger charge is 2.28. The molecule has 1 aliphatic rings. The second kappa shape index (κ2) is 8.34. The fourth-order valence-electron chi connectivity index (χ4n) is 3.16. The van der Waals surface area contributed by atoms with E-state index in [0.29, 0.717) is 43.1 Å². The first kappa shape index (κ1) is 21.0. The molecular weight excluding hydrogens is 396 g/mol. The summed E-state index contributed by atoms with van der Waals surface area (Å²) >= 11 is 0. The Morgan fingerprint density at radius 2 is 1.79 bits per heavy atom. The maximum atomic E-state index is 12.7. The van der Waals surface area contributed by atoms with E-state index in [4.69, 9.17) is 4.52 Å². The Morgan fingerprint density at radius 3 is 2.31 bits per heavy atom. The van der Waals surface area contributed by atoms with Crippen molar-refractivity contribution in [1.82, 2.24) is 14.4 Å². The smallest absolute Gasteiger partial charge is 0.253 e. The number of likely N-dealkylation sites (tertiary alicyclic amines) is 1. The number of piperidine rings is 1. The number of benzene rings is 1. The van der Waals surface area contributed by atoms with Gasteiger partial charge in [0.2, 0.25) is 15.9 Å². The van der Waals surface area contributed by atoms with Gasteiger partial charge < -0.3 is 14.7 Å². The number of amides is 2. The monoisotopic (exact) mass is 420 g/mol. The van der Waals surface area contributed by atoms with E-state index in [9.17, 15) is 18.0 Å². The van der Waals surface area contributed by atoms with Crippen LogP contribution in [0.4, 0.5) is 5.82 Å². The van der Waals surface area contributed by atoms with Crippen LogP contribution in [-0.4, -0.2) is 61.8 Å². The Kier molecular flexibility index (Phi) is 6.04. The quantitative estimate of drug-likeness (QED) is 0.788. The van der Waals surface area contributed by atoms with Crippen molar-refractivity contribution in [3.8, 4) is 0 Å². The standard InChI is InChI=1S/C19H24N4O5S/c1-13-12-17(21-28-13)20-18(24)14-8-10-23(11-9-14)19(25)15-4-6-16(7-5-15)29(26,27)22(2)3/h4-7,12,14H,8-11H2,1-3H3,(H,20,21,24). The summed E-state index contributed by atoms with van der Waals surface area (Å²) < 4.78 is 30.3. The van der Waals surface area contributed by atoms with E-state index >= 15 is 0 Å². The number of nitrogens with zero attached hydrogens (tertiary/aromatic N) is 3. The minimum absolute atomic E-state index is 0.136. The summed E-state index contributed by atoms with van der Waals surface area (Å²) in [6.45, 7) is 2.65. The van der Waals surface area contributed by atoms with Crippen molar-refractivity contribution in [3.63, 3.8) is 0 Å². The molecule has 0 aliphatic carbocycles. The van der Waals surface area contributed by atoms with Gasteiger partial charge in [0.1, 0.15) is 5.76 Å². The van der Waals surface area contributed by atoms with Crippen molar-refractivity contribution in [2.45, 2.75) is 24.7 Å². The summed E-state index contributed by atoms with van der Waals surface area (Å²) in [7, 11) is -0.620. The highest BCUT2D eigenvalue weighted by atomic mass is 32.2. The largest absolute Gasteiger partial charge is 0.360 e. The second-order valence-corrected chi connectivity index (χ2v) is 9.34. The molecular formula is C19H24N4O5S. The molecule has 0 saturated carbocycles. The third-order valence-corrected chi connectivity index (χ3v) is 6.74. The molecule has 1 saturated heterocycles. The average molecular weight is 420 g/mol. The minimum Gasteiger partial charge on any atom is -0.360 e. The topological polar surface area (TPSA) is 113 Å². The molecule has 0 unspecified atom stereocenters. The molecule has 1 fully saturated rings. The molecule has 0 spiro atoms. The zero-order chi connectivity index (χ0) is 21.2. The van der Waals surface area contributed by atoms with Crippen LogP contribution >= 0.6 is 0 Å². The van der Waals surface area contributed by atoms with Gasteiger partial charge in [0.05, 0.1) is 4.90 Å². The predicted molar refractivity (Wildman–Crippen MR) is 106 cm³/mol. The van der Waals surface area contributed by atoms with Crippen LogP contribution < -0.4 is 5.32 Å². The van der Waals surface area contributed by atoms with Crippen molar-refractivity contribution in [3.05, 3.63) is 41.7 Å². The van der Waals surface area contributed by atoms with E-state index in [1.165, 1.54) is 38.4 Å². The molecule has 10 heteroatoms. The van der Waals surface area contributed by atoms with Crippen molar-refractivity contribution in [1.29, 1.82) is 0 Å². The average Bonchev–Trinajstić information content (AvgIpc) is 3.12. The van der Waals surface area contributed by atoms with Gasteiger partial charge in [0.25, 0.3) is 5.91 Å². The summed E-state index contributed by atoms with van der Waals surface area (Å²) in [5.41, 5.74) is 0.420. The van der Waals surface area contributed by atoms with Crippen LogP contribution in [0.2, 0.25) is 0 Å². The molecule has 29 heavy (non-hydrogen) atoms. The molecule has 3 rings (SSSR count). The fraction of sp³-hybridized carbons (Fsp3) is 0.421. The third-order valence-electron chi connectivity index (χ3n) is 4.91. The number of nitrogens with one attached hydrogen (secondary N) is 1. The van der Waals surface area contributed by atoms with E-state index in [-0.39, 0.29) is 22.6 Å². The summed E-state index contributed by atoms with van der Waals surface area (Å²) in [5, 5.41) is 6.48. The zero-order valence-electron chi connectivity index (χ0n) is 16.6. The number of anilines is 1. The SMILES string of the molecule is Cc1cc(NC(=O)C2CCN(C(=O)c3ccc(S(=O)(=O)N(C)C)cc3)CC2)no1. The molecule has 0 atom stereocenters. The van der Waals surface area contributed by atoms with Crippen LogP contribution in [0.25, 0.3) is 0 Å². The van der Waals surface area contributed by atoms with Gasteiger partial charge in [-0.15, -0.1) is 0 Å². The van der Waals surface area contributed by atoms with Gasteiger partial charge in [-0.25, -0.2) is 12.7 Å². The van der Waals surface area contributed by atoms with Crippen LogP contribution in [0.5, 0.6) is 0 Å². The first-order valence-electron chi connectivity index (χ1n) is 9.24. The number of carbonyl (C=O) groups excluding carboxylic acids is 2. The molecule has 1 aromatic carbocycles. The molecule has 156 valence electrons. The Labute approximate surface area is 169 Å². The van der Waals surface area contributed by atoms with Crippen LogP contribution in [0.15, 0.2) is 39.8 Å².